The molecule has 2 nitrogen and oxygen atoms in total. The second-order valence-electron chi connectivity index (χ2n) is 6.35. The van der Waals surface area contributed by atoms with Crippen molar-refractivity contribution >= 4 is 5.91 Å². The van der Waals surface area contributed by atoms with Gasteiger partial charge in [-0.3, -0.25) is 4.79 Å². The molecule has 0 aromatic carbocycles. The highest BCUT2D eigenvalue weighted by Gasteiger charge is 2.01. The van der Waals surface area contributed by atoms with Gasteiger partial charge in [-0.1, -0.05) is 57.6 Å². The Hall–Kier alpha value is -0.790. The Morgan fingerprint density at radius 2 is 1.38 bits per heavy atom. The van der Waals surface area contributed by atoms with Crippen molar-refractivity contribution in [1.82, 2.24) is 5.32 Å². The second kappa shape index (κ2) is 15.6. The summed E-state index contributed by atoms with van der Waals surface area (Å²) in [5.74, 6) is 0.205. The number of allylic oxidation sites excluding steroid dienone is 2. The van der Waals surface area contributed by atoms with Gasteiger partial charge in [-0.15, -0.1) is 0 Å². The topological polar surface area (TPSA) is 29.1 Å². The molecule has 0 aliphatic heterocycles. The molecular weight excluding hydrogens is 258 g/mol. The maximum atomic E-state index is 11.4. The second-order valence-corrected chi connectivity index (χ2v) is 6.35. The third-order valence-corrected chi connectivity index (χ3v) is 3.62. The van der Waals surface area contributed by atoms with Gasteiger partial charge >= 0.3 is 0 Å². The summed E-state index contributed by atoms with van der Waals surface area (Å²) in [6.07, 6.45) is 19.4. The highest BCUT2D eigenvalue weighted by atomic mass is 16.1. The van der Waals surface area contributed by atoms with Gasteiger partial charge < -0.3 is 5.32 Å². The molecule has 0 saturated carbocycles. The number of nitrogens with one attached hydrogen (secondary N) is 1. The Morgan fingerprint density at radius 1 is 0.857 bits per heavy atom. The Morgan fingerprint density at radius 3 is 1.95 bits per heavy atom. The van der Waals surface area contributed by atoms with Gasteiger partial charge in [-0.2, -0.15) is 0 Å². The van der Waals surface area contributed by atoms with Crippen molar-refractivity contribution in [2.75, 3.05) is 0 Å². The molecule has 2 heteroatoms. The van der Waals surface area contributed by atoms with E-state index in [-0.39, 0.29) is 11.9 Å². The summed E-state index contributed by atoms with van der Waals surface area (Å²) < 4.78 is 0. The Balaban J connectivity index is 3.18. The number of carbonyl (C=O) groups is 1. The van der Waals surface area contributed by atoms with E-state index in [4.69, 9.17) is 0 Å². The standard InChI is InChI=1S/C19H37NO/c1-4-5-6-7-8-9-10-11-12-13-14-15-16-17-19(21)20-18(2)3/h9-10,18H,4-8,11-17H2,1-3H3,(H,20,21). The molecule has 0 aliphatic rings. The number of carbonyl (C=O) groups excluding carboxylic acids is 1. The lowest BCUT2D eigenvalue weighted by Gasteiger charge is -2.07. The zero-order chi connectivity index (χ0) is 15.8. The number of unbranched alkanes of at least 4 members (excludes halogenated alkanes) is 9. The lowest BCUT2D eigenvalue weighted by atomic mass is 10.1. The number of hydrogen-bond acceptors (Lipinski definition) is 1. The fourth-order valence-corrected chi connectivity index (χ4v) is 2.40. The lowest BCUT2D eigenvalue weighted by Crippen LogP contribution is -2.29. The summed E-state index contributed by atoms with van der Waals surface area (Å²) in [6.45, 7) is 6.27. The minimum absolute atomic E-state index is 0.205. The first-order chi connectivity index (χ1) is 10.2. The van der Waals surface area contributed by atoms with Gasteiger partial charge in [0.2, 0.25) is 5.91 Å². The van der Waals surface area contributed by atoms with Crippen LogP contribution in [0.4, 0.5) is 0 Å². The van der Waals surface area contributed by atoms with E-state index < -0.39 is 0 Å². The van der Waals surface area contributed by atoms with E-state index >= 15 is 0 Å². The molecule has 0 aliphatic carbocycles. The molecule has 0 rings (SSSR count). The van der Waals surface area contributed by atoms with Crippen LogP contribution < -0.4 is 5.32 Å². The van der Waals surface area contributed by atoms with Crippen molar-refractivity contribution in [2.24, 2.45) is 0 Å². The largest absolute Gasteiger partial charge is 0.354 e. The SMILES string of the molecule is CCCCCCC=CCCCCCCCC(=O)NC(C)C. The Labute approximate surface area is 132 Å². The molecule has 0 heterocycles. The molecule has 0 bridgehead atoms. The molecule has 21 heavy (non-hydrogen) atoms. The number of amides is 1. The molecule has 0 atom stereocenters. The van der Waals surface area contributed by atoms with Gasteiger partial charge in [0.15, 0.2) is 0 Å². The first-order valence-corrected chi connectivity index (χ1v) is 9.11. The molecule has 0 unspecified atom stereocenters. The van der Waals surface area contributed by atoms with E-state index in [0.717, 1.165) is 6.42 Å². The van der Waals surface area contributed by atoms with Gasteiger partial charge in [-0.05, 0) is 46.0 Å². The van der Waals surface area contributed by atoms with Crippen LogP contribution in [0.1, 0.15) is 97.8 Å². The van der Waals surface area contributed by atoms with Gasteiger partial charge in [-0.25, -0.2) is 0 Å². The third kappa shape index (κ3) is 17.2. The van der Waals surface area contributed by atoms with E-state index in [9.17, 15) is 4.79 Å². The summed E-state index contributed by atoms with van der Waals surface area (Å²) in [4.78, 5) is 11.4. The summed E-state index contributed by atoms with van der Waals surface area (Å²) in [5.41, 5.74) is 0. The molecule has 0 saturated heterocycles. The minimum Gasteiger partial charge on any atom is -0.354 e. The fraction of sp³-hybridized carbons (Fsp3) is 0.842. The van der Waals surface area contributed by atoms with Crippen LogP contribution in [0.5, 0.6) is 0 Å². The predicted molar refractivity (Wildman–Crippen MR) is 93.5 cm³/mol. The maximum absolute atomic E-state index is 11.4. The minimum atomic E-state index is 0.205. The van der Waals surface area contributed by atoms with Crippen molar-refractivity contribution in [3.8, 4) is 0 Å². The first-order valence-electron chi connectivity index (χ1n) is 9.11. The van der Waals surface area contributed by atoms with Crippen LogP contribution in [0.25, 0.3) is 0 Å². The zero-order valence-electron chi connectivity index (χ0n) is 14.6. The molecular formula is C19H37NO. The van der Waals surface area contributed by atoms with Crippen LogP contribution >= 0.6 is 0 Å². The van der Waals surface area contributed by atoms with Crippen LogP contribution in [0.15, 0.2) is 12.2 Å². The van der Waals surface area contributed by atoms with Gasteiger partial charge in [0.1, 0.15) is 0 Å². The molecule has 0 fully saturated rings. The van der Waals surface area contributed by atoms with Crippen LogP contribution in [0.2, 0.25) is 0 Å². The maximum Gasteiger partial charge on any atom is 0.220 e. The summed E-state index contributed by atoms with van der Waals surface area (Å²) in [6, 6.07) is 0.270. The number of hydrogen-bond donors (Lipinski definition) is 1. The van der Waals surface area contributed by atoms with Crippen molar-refractivity contribution in [3.63, 3.8) is 0 Å². The first kappa shape index (κ1) is 20.2. The Kier molecular flexibility index (Phi) is 15.0. The monoisotopic (exact) mass is 295 g/mol. The van der Waals surface area contributed by atoms with Crippen LogP contribution in [-0.4, -0.2) is 11.9 Å². The highest BCUT2D eigenvalue weighted by molar-refractivity contribution is 5.76. The quantitative estimate of drug-likeness (QED) is 0.320. The van der Waals surface area contributed by atoms with Crippen LogP contribution in [0.3, 0.4) is 0 Å². The summed E-state index contributed by atoms with van der Waals surface area (Å²) in [7, 11) is 0. The van der Waals surface area contributed by atoms with E-state index in [1.807, 2.05) is 13.8 Å². The molecule has 0 radical (unpaired) electrons. The molecule has 124 valence electrons. The number of rotatable bonds is 14. The predicted octanol–water partition coefficient (Wildman–Crippen LogP) is 5.77. The zero-order valence-corrected chi connectivity index (χ0v) is 14.6. The van der Waals surface area contributed by atoms with E-state index in [2.05, 4.69) is 24.4 Å². The van der Waals surface area contributed by atoms with Gasteiger partial charge in [0, 0.05) is 12.5 Å². The molecule has 1 N–H and O–H groups in total. The molecule has 0 aromatic heterocycles. The average Bonchev–Trinajstić information content (AvgIpc) is 2.43. The summed E-state index contributed by atoms with van der Waals surface area (Å²) >= 11 is 0. The van der Waals surface area contributed by atoms with Crippen molar-refractivity contribution in [3.05, 3.63) is 12.2 Å². The molecule has 0 spiro atoms. The summed E-state index contributed by atoms with van der Waals surface area (Å²) in [5, 5.41) is 2.94. The fourth-order valence-electron chi connectivity index (χ4n) is 2.40. The van der Waals surface area contributed by atoms with Crippen LogP contribution in [-0.2, 0) is 4.79 Å². The van der Waals surface area contributed by atoms with Gasteiger partial charge in [0.25, 0.3) is 0 Å². The van der Waals surface area contributed by atoms with Gasteiger partial charge in [0.05, 0.1) is 0 Å². The molecule has 1 amide bonds. The van der Waals surface area contributed by atoms with E-state index in [1.165, 1.54) is 64.2 Å². The Bertz CT molecular complexity index is 258. The molecule has 0 aromatic rings. The smallest absolute Gasteiger partial charge is 0.220 e. The third-order valence-electron chi connectivity index (χ3n) is 3.62. The lowest BCUT2D eigenvalue weighted by molar-refractivity contribution is -0.121. The average molecular weight is 296 g/mol. The van der Waals surface area contributed by atoms with Crippen molar-refractivity contribution in [2.45, 2.75) is 104 Å². The van der Waals surface area contributed by atoms with Crippen molar-refractivity contribution in [1.29, 1.82) is 0 Å². The normalized spacial score (nSPS) is 11.4. The van der Waals surface area contributed by atoms with Crippen LogP contribution in [0, 0.1) is 0 Å². The van der Waals surface area contributed by atoms with Crippen molar-refractivity contribution < 1.29 is 4.79 Å². The highest BCUT2D eigenvalue weighted by Crippen LogP contribution is 2.08. The van der Waals surface area contributed by atoms with E-state index in [1.54, 1.807) is 0 Å². The van der Waals surface area contributed by atoms with E-state index in [0.29, 0.717) is 6.42 Å².